The van der Waals surface area contributed by atoms with Crippen LogP contribution < -0.4 is 51.4 Å². The van der Waals surface area contributed by atoms with Gasteiger partial charge in [0, 0.05) is 32.7 Å². The molecule has 25 heavy (non-hydrogen) atoms. The molecule has 2 aromatic rings. The standard InChI is InChI=1S/C20H23N2O2.K/c23-17-24-16-15-21-11-13-22(14-12-21)20(18-7-3-1-4-8-18)19-9-5-2-6-10-19;/h1-10,20H,11-16H2;/q-1;+1. The molecule has 1 aliphatic heterocycles. The Labute approximate surface area is 192 Å². The molecule has 1 heterocycles. The Balaban J connectivity index is 0.00000225. The van der Waals surface area contributed by atoms with Gasteiger partial charge in [-0.05, 0) is 11.1 Å². The van der Waals surface area contributed by atoms with Gasteiger partial charge in [-0.3, -0.25) is 9.80 Å². The van der Waals surface area contributed by atoms with Crippen LogP contribution in [0.15, 0.2) is 60.7 Å². The van der Waals surface area contributed by atoms with Crippen LogP contribution in [0.4, 0.5) is 0 Å². The molecule has 1 aliphatic rings. The van der Waals surface area contributed by atoms with Gasteiger partial charge >= 0.3 is 51.4 Å². The van der Waals surface area contributed by atoms with E-state index in [1.807, 2.05) is 0 Å². The van der Waals surface area contributed by atoms with E-state index in [1.54, 1.807) is 0 Å². The second-order valence-corrected chi connectivity index (χ2v) is 6.03. The van der Waals surface area contributed by atoms with Crippen molar-refractivity contribution in [2.24, 2.45) is 0 Å². The van der Waals surface area contributed by atoms with Crippen LogP contribution in [0.25, 0.3) is 0 Å². The van der Waals surface area contributed by atoms with E-state index >= 15 is 0 Å². The Hall–Kier alpha value is -0.534. The maximum absolute atomic E-state index is 10.1. The zero-order chi connectivity index (χ0) is 16.6. The summed E-state index contributed by atoms with van der Waals surface area (Å²) in [7, 11) is 0. The maximum atomic E-state index is 10.1. The third-order valence-electron chi connectivity index (χ3n) is 4.57. The number of hydrogen-bond acceptors (Lipinski definition) is 4. The molecule has 2 aromatic carbocycles. The van der Waals surface area contributed by atoms with Gasteiger partial charge in [-0.25, -0.2) is 0 Å². The van der Waals surface area contributed by atoms with Crippen molar-refractivity contribution in [2.45, 2.75) is 6.04 Å². The Morgan fingerprint density at radius 2 is 1.40 bits per heavy atom. The minimum absolute atomic E-state index is 0. The van der Waals surface area contributed by atoms with E-state index in [-0.39, 0.29) is 57.4 Å². The molecule has 1 saturated heterocycles. The minimum atomic E-state index is 0. The Morgan fingerprint density at radius 1 is 0.880 bits per heavy atom. The van der Waals surface area contributed by atoms with E-state index in [9.17, 15) is 4.79 Å². The van der Waals surface area contributed by atoms with Gasteiger partial charge in [-0.15, -0.1) is 0 Å². The molecule has 0 amide bonds. The molecule has 0 atom stereocenters. The third kappa shape index (κ3) is 6.00. The van der Waals surface area contributed by atoms with E-state index < -0.39 is 0 Å². The van der Waals surface area contributed by atoms with Crippen molar-refractivity contribution in [3.63, 3.8) is 0 Å². The van der Waals surface area contributed by atoms with Gasteiger partial charge in [0.05, 0.1) is 12.6 Å². The van der Waals surface area contributed by atoms with Gasteiger partial charge in [0.1, 0.15) is 0 Å². The normalized spacial score (nSPS) is 15.6. The summed E-state index contributed by atoms with van der Waals surface area (Å²) in [6, 6.07) is 21.7. The smallest absolute Gasteiger partial charge is 0.652 e. The molecule has 4 nitrogen and oxygen atoms in total. The first-order valence-corrected chi connectivity index (χ1v) is 8.43. The zero-order valence-corrected chi connectivity index (χ0v) is 17.9. The summed E-state index contributed by atoms with van der Waals surface area (Å²) >= 11 is 0. The summed E-state index contributed by atoms with van der Waals surface area (Å²) in [6.45, 7) is 6.66. The summed E-state index contributed by atoms with van der Waals surface area (Å²) in [4.78, 5) is 15.0. The number of carbonyl (C=O) groups excluding carboxylic acids is 1. The van der Waals surface area contributed by atoms with Gasteiger partial charge in [0.2, 0.25) is 0 Å². The number of ether oxygens (including phenoxy) is 1. The third-order valence-corrected chi connectivity index (χ3v) is 4.57. The quantitative estimate of drug-likeness (QED) is 0.377. The first-order chi connectivity index (χ1) is 11.9. The number of benzene rings is 2. The fraction of sp³-hybridized carbons (Fsp3) is 0.350. The van der Waals surface area contributed by atoms with Crippen LogP contribution in [-0.4, -0.2) is 55.6 Å². The van der Waals surface area contributed by atoms with Crippen LogP contribution in [0.1, 0.15) is 17.2 Å². The number of hydrogen-bond donors (Lipinski definition) is 0. The van der Waals surface area contributed by atoms with Crippen LogP contribution in [-0.2, 0) is 9.53 Å². The molecular formula is C20H23KN2O2. The molecule has 0 aromatic heterocycles. The molecule has 0 radical (unpaired) electrons. The predicted molar refractivity (Wildman–Crippen MR) is 94.4 cm³/mol. The summed E-state index contributed by atoms with van der Waals surface area (Å²) in [5, 5.41) is 0. The van der Waals surface area contributed by atoms with E-state index in [0.717, 1.165) is 32.7 Å². The predicted octanol–water partition coefficient (Wildman–Crippen LogP) is -0.519. The van der Waals surface area contributed by atoms with Crippen LogP contribution >= 0.6 is 0 Å². The van der Waals surface area contributed by atoms with Crippen LogP contribution in [0.5, 0.6) is 0 Å². The maximum Gasteiger partial charge on any atom is 1.00 e. The van der Waals surface area contributed by atoms with Crippen molar-refractivity contribution in [1.82, 2.24) is 9.80 Å². The van der Waals surface area contributed by atoms with Crippen molar-refractivity contribution in [2.75, 3.05) is 39.3 Å². The van der Waals surface area contributed by atoms with Crippen LogP contribution in [0.2, 0.25) is 0 Å². The molecule has 0 aliphatic carbocycles. The monoisotopic (exact) mass is 362 g/mol. The number of piperazine rings is 1. The van der Waals surface area contributed by atoms with Gasteiger partial charge in [-0.2, -0.15) is 0 Å². The van der Waals surface area contributed by atoms with Gasteiger partial charge < -0.3 is 9.53 Å². The fourth-order valence-electron chi connectivity index (χ4n) is 3.35. The molecule has 0 N–H and O–H groups in total. The Bertz CT molecular complexity index is 577. The van der Waals surface area contributed by atoms with Crippen molar-refractivity contribution in [3.05, 3.63) is 71.8 Å². The van der Waals surface area contributed by atoms with Crippen LogP contribution in [0.3, 0.4) is 0 Å². The molecule has 0 bridgehead atoms. The van der Waals surface area contributed by atoms with Crippen molar-refractivity contribution >= 4 is 6.47 Å². The summed E-state index contributed by atoms with van der Waals surface area (Å²) in [5.41, 5.74) is 2.66. The molecular weight excluding hydrogens is 339 g/mol. The topological polar surface area (TPSA) is 32.8 Å². The Morgan fingerprint density at radius 3 is 1.88 bits per heavy atom. The number of rotatable bonds is 7. The first-order valence-electron chi connectivity index (χ1n) is 8.43. The van der Waals surface area contributed by atoms with Gasteiger partial charge in [0.25, 0.3) is 0 Å². The molecule has 3 rings (SSSR count). The molecule has 0 unspecified atom stereocenters. The van der Waals surface area contributed by atoms with E-state index in [1.165, 1.54) is 17.6 Å². The Kier molecular flexibility index (Phi) is 9.34. The molecule has 0 saturated carbocycles. The molecule has 0 spiro atoms. The second-order valence-electron chi connectivity index (χ2n) is 6.03. The molecule has 5 heteroatoms. The SMILES string of the molecule is O=[C-]OCCN1CCN(C(c2ccccc2)c2ccccc2)CC1.[K+]. The molecule has 126 valence electrons. The van der Waals surface area contributed by atoms with E-state index in [4.69, 9.17) is 0 Å². The average molecular weight is 363 g/mol. The van der Waals surface area contributed by atoms with E-state index in [0.29, 0.717) is 6.61 Å². The zero-order valence-electron chi connectivity index (χ0n) is 14.8. The summed E-state index contributed by atoms with van der Waals surface area (Å²) in [6.07, 6.45) is 0. The number of nitrogens with zero attached hydrogens (tertiary/aromatic N) is 2. The molecule has 1 fully saturated rings. The largest absolute Gasteiger partial charge is 1.00 e. The van der Waals surface area contributed by atoms with Gasteiger partial charge in [-0.1, -0.05) is 67.1 Å². The first kappa shape index (κ1) is 20.8. The van der Waals surface area contributed by atoms with Crippen molar-refractivity contribution in [3.8, 4) is 0 Å². The fourth-order valence-corrected chi connectivity index (χ4v) is 3.35. The van der Waals surface area contributed by atoms with Gasteiger partial charge in [0.15, 0.2) is 0 Å². The van der Waals surface area contributed by atoms with E-state index in [2.05, 4.69) is 75.2 Å². The summed E-state index contributed by atoms with van der Waals surface area (Å²) in [5.74, 6) is 0. The second kappa shape index (κ2) is 11.2. The summed E-state index contributed by atoms with van der Waals surface area (Å²) < 4.78 is 4.69. The van der Waals surface area contributed by atoms with Crippen molar-refractivity contribution < 1.29 is 60.9 Å². The average Bonchev–Trinajstić information content (AvgIpc) is 2.65. The van der Waals surface area contributed by atoms with Crippen molar-refractivity contribution in [1.29, 1.82) is 0 Å². The van der Waals surface area contributed by atoms with Crippen LogP contribution in [0, 0.1) is 0 Å². The minimum Gasteiger partial charge on any atom is -0.652 e.